The van der Waals surface area contributed by atoms with E-state index in [2.05, 4.69) is 20.0 Å². The van der Waals surface area contributed by atoms with E-state index in [0.29, 0.717) is 17.1 Å². The van der Waals surface area contributed by atoms with Crippen molar-refractivity contribution in [3.05, 3.63) is 71.5 Å². The van der Waals surface area contributed by atoms with Gasteiger partial charge in [-0.15, -0.1) is 0 Å². The maximum Gasteiger partial charge on any atom is 0.263 e. The zero-order valence-electron chi connectivity index (χ0n) is 16.0. The fourth-order valence-electron chi connectivity index (χ4n) is 2.62. The molecule has 0 saturated heterocycles. The quantitative estimate of drug-likeness (QED) is 0.547. The van der Waals surface area contributed by atoms with Gasteiger partial charge in [0.15, 0.2) is 0 Å². The SMILES string of the molecule is COc1nccnc1NS(=O)(=O)c1ccc(NC(=O)CCc2ccccc2Cl)cc1. The first-order valence-electron chi connectivity index (χ1n) is 8.90. The number of carbonyl (C=O) groups is 1. The smallest absolute Gasteiger partial charge is 0.263 e. The topological polar surface area (TPSA) is 110 Å². The van der Waals surface area contributed by atoms with Crippen LogP contribution in [0.15, 0.2) is 65.8 Å². The van der Waals surface area contributed by atoms with Gasteiger partial charge >= 0.3 is 0 Å². The summed E-state index contributed by atoms with van der Waals surface area (Å²) >= 11 is 6.09. The summed E-state index contributed by atoms with van der Waals surface area (Å²) in [5, 5.41) is 3.36. The van der Waals surface area contributed by atoms with Crippen LogP contribution in [0.25, 0.3) is 0 Å². The molecule has 10 heteroatoms. The number of nitrogens with one attached hydrogen (secondary N) is 2. The number of anilines is 2. The number of nitrogens with zero attached hydrogens (tertiary/aromatic N) is 2. The number of rotatable bonds is 8. The number of sulfonamides is 1. The third-order valence-corrected chi connectivity index (χ3v) is 5.84. The predicted octanol–water partition coefficient (Wildman–Crippen LogP) is 3.51. The van der Waals surface area contributed by atoms with Crippen molar-refractivity contribution in [2.45, 2.75) is 17.7 Å². The van der Waals surface area contributed by atoms with Crippen LogP contribution in [0.4, 0.5) is 11.5 Å². The van der Waals surface area contributed by atoms with Gasteiger partial charge in [0.25, 0.3) is 15.9 Å². The average molecular weight is 447 g/mol. The lowest BCUT2D eigenvalue weighted by atomic mass is 10.1. The molecule has 8 nitrogen and oxygen atoms in total. The van der Waals surface area contributed by atoms with Gasteiger partial charge in [-0.25, -0.2) is 18.4 Å². The Hall–Kier alpha value is -3.17. The number of hydrogen-bond acceptors (Lipinski definition) is 6. The van der Waals surface area contributed by atoms with Gasteiger partial charge in [-0.1, -0.05) is 29.8 Å². The number of halogens is 1. The Morgan fingerprint density at radius 1 is 1.07 bits per heavy atom. The average Bonchev–Trinajstić information content (AvgIpc) is 2.74. The highest BCUT2D eigenvalue weighted by molar-refractivity contribution is 7.92. The maximum absolute atomic E-state index is 12.6. The Bertz CT molecular complexity index is 1140. The Balaban J connectivity index is 1.62. The van der Waals surface area contributed by atoms with Crippen molar-refractivity contribution in [3.8, 4) is 5.88 Å². The molecule has 0 saturated carbocycles. The number of amides is 1. The molecule has 1 aromatic heterocycles. The van der Waals surface area contributed by atoms with Crippen LogP contribution in [0.1, 0.15) is 12.0 Å². The third-order valence-electron chi connectivity index (χ3n) is 4.12. The van der Waals surface area contributed by atoms with E-state index in [1.165, 1.54) is 43.8 Å². The van der Waals surface area contributed by atoms with Crippen molar-refractivity contribution in [2.24, 2.45) is 0 Å². The minimum absolute atomic E-state index is 0.00396. The van der Waals surface area contributed by atoms with Gasteiger partial charge in [-0.3, -0.25) is 9.52 Å². The van der Waals surface area contributed by atoms with E-state index in [1.807, 2.05) is 18.2 Å². The maximum atomic E-state index is 12.6. The van der Waals surface area contributed by atoms with Crippen LogP contribution in [0, 0.1) is 0 Å². The molecule has 0 aliphatic rings. The lowest BCUT2D eigenvalue weighted by molar-refractivity contribution is -0.116. The lowest BCUT2D eigenvalue weighted by Gasteiger charge is -2.10. The highest BCUT2D eigenvalue weighted by Crippen LogP contribution is 2.22. The fourth-order valence-corrected chi connectivity index (χ4v) is 3.86. The summed E-state index contributed by atoms with van der Waals surface area (Å²) < 4.78 is 32.4. The van der Waals surface area contributed by atoms with Crippen LogP contribution >= 0.6 is 11.6 Å². The Morgan fingerprint density at radius 2 is 1.77 bits per heavy atom. The van der Waals surface area contributed by atoms with E-state index < -0.39 is 10.0 Å². The van der Waals surface area contributed by atoms with Crippen molar-refractivity contribution >= 4 is 39.0 Å². The first-order chi connectivity index (χ1) is 14.4. The van der Waals surface area contributed by atoms with Gasteiger partial charge in [0, 0.05) is 29.5 Å². The van der Waals surface area contributed by atoms with E-state index in [-0.39, 0.29) is 28.9 Å². The van der Waals surface area contributed by atoms with Gasteiger partial charge < -0.3 is 10.1 Å². The highest BCUT2D eigenvalue weighted by Gasteiger charge is 2.18. The van der Waals surface area contributed by atoms with Crippen molar-refractivity contribution < 1.29 is 17.9 Å². The molecule has 2 N–H and O–H groups in total. The van der Waals surface area contributed by atoms with E-state index in [4.69, 9.17) is 16.3 Å². The summed E-state index contributed by atoms with van der Waals surface area (Å²) in [6.07, 6.45) is 3.49. The first-order valence-corrected chi connectivity index (χ1v) is 10.8. The summed E-state index contributed by atoms with van der Waals surface area (Å²) in [7, 11) is -2.54. The molecule has 0 atom stereocenters. The van der Waals surface area contributed by atoms with Crippen LogP contribution in [-0.2, 0) is 21.2 Å². The van der Waals surface area contributed by atoms with Crippen molar-refractivity contribution in [2.75, 3.05) is 17.1 Å². The van der Waals surface area contributed by atoms with Gasteiger partial charge in [-0.05, 0) is 42.3 Å². The number of aryl methyl sites for hydroxylation is 1. The summed E-state index contributed by atoms with van der Waals surface area (Å²) in [4.78, 5) is 20.0. The molecule has 1 amide bonds. The molecule has 0 unspecified atom stereocenters. The van der Waals surface area contributed by atoms with Gasteiger partial charge in [-0.2, -0.15) is 0 Å². The van der Waals surface area contributed by atoms with E-state index in [9.17, 15) is 13.2 Å². The van der Waals surface area contributed by atoms with Crippen LogP contribution in [-0.4, -0.2) is 31.4 Å². The lowest BCUT2D eigenvalue weighted by Crippen LogP contribution is -2.15. The molecule has 2 aromatic carbocycles. The highest BCUT2D eigenvalue weighted by atomic mass is 35.5. The number of carbonyl (C=O) groups excluding carboxylic acids is 1. The standard InChI is InChI=1S/C20H19ClN4O4S/c1-29-20-19(22-12-13-23-20)25-30(27,28)16-9-7-15(8-10-16)24-18(26)11-6-14-4-2-3-5-17(14)21/h2-5,7-10,12-13H,6,11H2,1H3,(H,22,25)(H,24,26). The molecule has 3 aromatic rings. The first kappa shape index (κ1) is 21.5. The second-order valence-electron chi connectivity index (χ2n) is 6.18. The van der Waals surface area contributed by atoms with Crippen molar-refractivity contribution in [1.29, 1.82) is 0 Å². The molecule has 0 bridgehead atoms. The zero-order chi connectivity index (χ0) is 21.6. The number of ether oxygens (including phenoxy) is 1. The number of hydrogen-bond donors (Lipinski definition) is 2. The van der Waals surface area contributed by atoms with E-state index >= 15 is 0 Å². The number of aromatic nitrogens is 2. The van der Waals surface area contributed by atoms with Crippen LogP contribution in [0.2, 0.25) is 5.02 Å². The predicted molar refractivity (Wildman–Crippen MR) is 114 cm³/mol. The fraction of sp³-hybridized carbons (Fsp3) is 0.150. The van der Waals surface area contributed by atoms with E-state index in [1.54, 1.807) is 6.07 Å². The molecular weight excluding hydrogens is 428 g/mol. The zero-order valence-corrected chi connectivity index (χ0v) is 17.6. The minimum Gasteiger partial charge on any atom is -0.478 e. The molecule has 156 valence electrons. The normalized spacial score (nSPS) is 11.0. The molecule has 1 heterocycles. The van der Waals surface area contributed by atoms with Gasteiger partial charge in [0.1, 0.15) is 0 Å². The second kappa shape index (κ2) is 9.55. The van der Waals surface area contributed by atoms with Crippen LogP contribution in [0.5, 0.6) is 5.88 Å². The Labute approximate surface area is 179 Å². The largest absolute Gasteiger partial charge is 0.478 e. The molecule has 0 spiro atoms. The third kappa shape index (κ3) is 5.46. The van der Waals surface area contributed by atoms with Crippen LogP contribution in [0.3, 0.4) is 0 Å². The van der Waals surface area contributed by atoms with Gasteiger partial charge in [0.2, 0.25) is 11.7 Å². The monoisotopic (exact) mass is 446 g/mol. The summed E-state index contributed by atoms with van der Waals surface area (Å²) in [6, 6.07) is 13.1. The molecule has 30 heavy (non-hydrogen) atoms. The molecule has 0 aliphatic heterocycles. The van der Waals surface area contributed by atoms with Crippen LogP contribution < -0.4 is 14.8 Å². The molecule has 3 rings (SSSR count). The van der Waals surface area contributed by atoms with Gasteiger partial charge in [0.05, 0.1) is 12.0 Å². The molecule has 0 fully saturated rings. The summed E-state index contributed by atoms with van der Waals surface area (Å²) in [5.74, 6) is -0.159. The summed E-state index contributed by atoms with van der Waals surface area (Å²) in [6.45, 7) is 0. The Morgan fingerprint density at radius 3 is 2.47 bits per heavy atom. The number of methoxy groups -OCH3 is 1. The second-order valence-corrected chi connectivity index (χ2v) is 8.27. The minimum atomic E-state index is -3.90. The molecule has 0 radical (unpaired) electrons. The molecule has 0 aliphatic carbocycles. The summed E-state index contributed by atoms with van der Waals surface area (Å²) in [5.41, 5.74) is 1.37. The Kier molecular flexibility index (Phi) is 6.86. The van der Waals surface area contributed by atoms with Crippen molar-refractivity contribution in [1.82, 2.24) is 9.97 Å². The molecular formula is C20H19ClN4O4S. The van der Waals surface area contributed by atoms with E-state index in [0.717, 1.165) is 5.56 Å². The van der Waals surface area contributed by atoms with Crippen molar-refractivity contribution in [3.63, 3.8) is 0 Å². The number of benzene rings is 2.